The molecule has 37 heavy (non-hydrogen) atoms. The Balaban J connectivity index is 1.64. The van der Waals surface area contributed by atoms with Gasteiger partial charge in [-0.15, -0.1) is 8.78 Å². The van der Waals surface area contributed by atoms with Crippen LogP contribution in [0.25, 0.3) is 0 Å². The highest BCUT2D eigenvalue weighted by molar-refractivity contribution is 6.06. The van der Waals surface area contributed by atoms with Crippen LogP contribution in [0.5, 0.6) is 11.5 Å². The Hall–Kier alpha value is -4.13. The maximum Gasteiger partial charge on any atom is 0.586 e. The summed E-state index contributed by atoms with van der Waals surface area (Å²) in [6.45, 7) is 0.679. The van der Waals surface area contributed by atoms with Gasteiger partial charge in [-0.2, -0.15) is 13.2 Å². The van der Waals surface area contributed by atoms with Crippen LogP contribution in [0, 0.1) is 0 Å². The van der Waals surface area contributed by atoms with Crippen molar-refractivity contribution >= 4 is 28.8 Å². The zero-order valence-electron chi connectivity index (χ0n) is 19.1. The highest BCUT2D eigenvalue weighted by Gasteiger charge is 2.46. The predicted octanol–water partition coefficient (Wildman–Crippen LogP) is 5.04. The fourth-order valence-corrected chi connectivity index (χ4v) is 3.56. The number of rotatable bonds is 9. The van der Waals surface area contributed by atoms with E-state index in [2.05, 4.69) is 25.1 Å². The van der Waals surface area contributed by atoms with Crippen molar-refractivity contribution in [3.8, 4) is 11.5 Å². The monoisotopic (exact) mass is 524 g/mol. The van der Waals surface area contributed by atoms with E-state index in [-0.39, 0.29) is 36.0 Å². The number of nitrogens with one attached hydrogen (secondary N) is 2. The molecule has 1 amide bonds. The smallest absolute Gasteiger partial charge is 0.396 e. The summed E-state index contributed by atoms with van der Waals surface area (Å²) < 4.78 is 76.4. The topological polar surface area (TPSA) is 96.0 Å². The Labute approximate surface area is 207 Å². The zero-order valence-corrected chi connectivity index (χ0v) is 19.1. The molecule has 2 heterocycles. The first kappa shape index (κ1) is 25.9. The number of nitrogens with zero attached hydrogens (tertiary/aromatic N) is 2. The quantitative estimate of drug-likeness (QED) is 0.267. The molecule has 0 spiro atoms. The van der Waals surface area contributed by atoms with Gasteiger partial charge in [-0.1, -0.05) is 12.1 Å². The molecule has 0 fully saturated rings. The van der Waals surface area contributed by atoms with Gasteiger partial charge in [0.1, 0.15) is 5.82 Å². The molecule has 8 nitrogen and oxygen atoms in total. The van der Waals surface area contributed by atoms with Crippen molar-refractivity contribution in [1.82, 2.24) is 4.98 Å². The van der Waals surface area contributed by atoms with Gasteiger partial charge < -0.3 is 25.2 Å². The lowest BCUT2D eigenvalue weighted by molar-refractivity contribution is -0.286. The van der Waals surface area contributed by atoms with Crippen molar-refractivity contribution in [3.05, 3.63) is 66.4 Å². The van der Waals surface area contributed by atoms with Gasteiger partial charge in [0.25, 0.3) is 0 Å². The van der Waals surface area contributed by atoms with Gasteiger partial charge in [0.2, 0.25) is 0 Å². The summed E-state index contributed by atoms with van der Waals surface area (Å²) in [5.74, 6) is -2.56. The van der Waals surface area contributed by atoms with Crippen molar-refractivity contribution in [2.75, 3.05) is 28.7 Å². The molecule has 1 aromatic heterocycles. The summed E-state index contributed by atoms with van der Waals surface area (Å²) in [4.78, 5) is 17.0. The van der Waals surface area contributed by atoms with E-state index in [1.807, 2.05) is 0 Å². The summed E-state index contributed by atoms with van der Waals surface area (Å²) in [6.07, 6.45) is -7.17. The van der Waals surface area contributed by atoms with Crippen LogP contribution in [0.4, 0.5) is 44.8 Å². The van der Waals surface area contributed by atoms with E-state index in [4.69, 9.17) is 5.11 Å². The number of benzene rings is 2. The van der Waals surface area contributed by atoms with Crippen LogP contribution < -0.4 is 25.0 Å². The molecule has 0 bridgehead atoms. The number of pyridine rings is 1. The maximum atomic E-state index is 13.6. The average molecular weight is 524 g/mol. The number of para-hydroxylation sites is 2. The first-order valence-electron chi connectivity index (χ1n) is 11.0. The van der Waals surface area contributed by atoms with Gasteiger partial charge in [-0.25, -0.2) is 4.98 Å². The number of carbonyl (C=O) groups is 1. The molecule has 0 aliphatic carbocycles. The van der Waals surface area contributed by atoms with E-state index in [1.165, 1.54) is 18.2 Å². The number of halogens is 5. The Morgan fingerprint density at radius 2 is 1.78 bits per heavy atom. The minimum absolute atomic E-state index is 0.0178. The maximum absolute atomic E-state index is 13.6. The first-order chi connectivity index (χ1) is 17.6. The van der Waals surface area contributed by atoms with E-state index < -0.39 is 24.1 Å². The Morgan fingerprint density at radius 3 is 2.54 bits per heavy atom. The van der Waals surface area contributed by atoms with Gasteiger partial charge in [-0.3, -0.25) is 9.69 Å². The molecule has 3 N–H and O–H groups in total. The minimum Gasteiger partial charge on any atom is -0.396 e. The molecular weight excluding hydrogens is 503 g/mol. The summed E-state index contributed by atoms with van der Waals surface area (Å²) in [5.41, 5.74) is 0.395. The first-order valence-corrected chi connectivity index (χ1v) is 11.0. The van der Waals surface area contributed by atoms with Gasteiger partial charge in [0.05, 0.1) is 17.1 Å². The minimum atomic E-state index is -5.27. The summed E-state index contributed by atoms with van der Waals surface area (Å²) in [7, 11) is 0. The van der Waals surface area contributed by atoms with Gasteiger partial charge in [-0.05, 0) is 48.4 Å². The van der Waals surface area contributed by atoms with Crippen molar-refractivity contribution in [3.63, 3.8) is 0 Å². The summed E-state index contributed by atoms with van der Waals surface area (Å²) in [5, 5.41) is 15.0. The number of carbonyl (C=O) groups excluding carboxylic acids is 1. The second-order valence-electron chi connectivity index (χ2n) is 7.86. The second kappa shape index (κ2) is 10.5. The number of anilines is 4. The number of aliphatic hydroxyl groups is 1. The van der Waals surface area contributed by atoms with Gasteiger partial charge >= 0.3 is 18.4 Å². The number of aromatic nitrogens is 1. The van der Waals surface area contributed by atoms with Crippen molar-refractivity contribution in [2.45, 2.75) is 25.4 Å². The fourth-order valence-electron chi connectivity index (χ4n) is 3.56. The molecule has 0 saturated carbocycles. The molecule has 0 radical (unpaired) electrons. The number of hydrogen-bond acceptors (Lipinski definition) is 7. The third kappa shape index (κ3) is 6.17. The molecule has 0 saturated heterocycles. The SMILES string of the molecule is O=C(N(c1ccc2c(c1)OC(F)(F)O2)c1ccccc1NCc1ccnc(NCCCO)c1)C(F)(F)F. The molecule has 1 aliphatic rings. The normalized spacial score (nSPS) is 13.8. The van der Waals surface area contributed by atoms with Crippen molar-refractivity contribution in [2.24, 2.45) is 0 Å². The lowest BCUT2D eigenvalue weighted by atomic mass is 10.1. The van der Waals surface area contributed by atoms with E-state index >= 15 is 0 Å². The largest absolute Gasteiger partial charge is 0.586 e. The third-order valence-electron chi connectivity index (χ3n) is 5.18. The Bertz CT molecular complexity index is 1270. The molecular formula is C24H21F5N4O4. The lowest BCUT2D eigenvalue weighted by Crippen LogP contribution is -2.38. The van der Waals surface area contributed by atoms with Gasteiger partial charge in [0, 0.05) is 32.0 Å². The molecule has 1 aliphatic heterocycles. The number of aliphatic hydroxyl groups excluding tert-OH is 1. The summed E-state index contributed by atoms with van der Waals surface area (Å²) >= 11 is 0. The highest BCUT2D eigenvalue weighted by Crippen LogP contribution is 2.45. The number of hydrogen-bond donors (Lipinski definition) is 3. The van der Waals surface area contributed by atoms with E-state index in [0.717, 1.165) is 23.8 Å². The number of alkyl halides is 5. The van der Waals surface area contributed by atoms with Crippen LogP contribution in [-0.4, -0.2) is 41.6 Å². The fraction of sp³-hybridized carbons (Fsp3) is 0.250. The van der Waals surface area contributed by atoms with Crippen LogP contribution in [0.1, 0.15) is 12.0 Å². The Kier molecular flexibility index (Phi) is 7.34. The van der Waals surface area contributed by atoms with Crippen LogP contribution in [-0.2, 0) is 11.3 Å². The molecule has 196 valence electrons. The number of amides is 1. The zero-order chi connectivity index (χ0) is 26.6. The van der Waals surface area contributed by atoms with Gasteiger partial charge in [0.15, 0.2) is 11.5 Å². The van der Waals surface area contributed by atoms with Crippen LogP contribution >= 0.6 is 0 Å². The second-order valence-corrected chi connectivity index (χ2v) is 7.86. The molecule has 3 aromatic rings. The average Bonchev–Trinajstić information content (AvgIpc) is 3.16. The number of ether oxygens (including phenoxy) is 2. The highest BCUT2D eigenvalue weighted by atomic mass is 19.4. The molecule has 0 unspecified atom stereocenters. The molecule has 0 atom stereocenters. The number of fused-ring (bicyclic) bond motifs is 1. The van der Waals surface area contributed by atoms with Crippen molar-refractivity contribution in [1.29, 1.82) is 0 Å². The molecule has 4 rings (SSSR count). The lowest BCUT2D eigenvalue weighted by Gasteiger charge is -2.26. The molecule has 2 aromatic carbocycles. The third-order valence-corrected chi connectivity index (χ3v) is 5.18. The van der Waals surface area contributed by atoms with E-state index in [9.17, 15) is 26.7 Å². The standard InChI is InChI=1S/C24H21F5N4O4/c25-23(26,27)22(35)33(16-6-7-19-20(13-16)37-24(28,29)36-19)18-5-2-1-4-17(18)32-14-15-8-10-31-21(12-15)30-9-3-11-34/h1-2,4-8,10,12-13,32,34H,3,9,11,14H2,(H,30,31). The van der Waals surface area contributed by atoms with Crippen molar-refractivity contribution < 1.29 is 41.3 Å². The Morgan fingerprint density at radius 1 is 1.03 bits per heavy atom. The van der Waals surface area contributed by atoms with E-state index in [1.54, 1.807) is 24.4 Å². The molecule has 13 heteroatoms. The van der Waals surface area contributed by atoms with Crippen LogP contribution in [0.2, 0.25) is 0 Å². The van der Waals surface area contributed by atoms with Crippen LogP contribution in [0.15, 0.2) is 60.8 Å². The van der Waals surface area contributed by atoms with Crippen LogP contribution in [0.3, 0.4) is 0 Å². The summed E-state index contributed by atoms with van der Waals surface area (Å²) in [6, 6.07) is 12.1. The van der Waals surface area contributed by atoms with E-state index in [0.29, 0.717) is 23.7 Å². The predicted molar refractivity (Wildman–Crippen MR) is 124 cm³/mol.